The average molecular weight is 245 g/mol. The molecule has 2 rings (SSSR count). The van der Waals surface area contributed by atoms with Gasteiger partial charge < -0.3 is 0 Å². The number of rotatable bonds is 1. The highest BCUT2D eigenvalue weighted by Crippen LogP contribution is 2.15. The van der Waals surface area contributed by atoms with Crippen molar-refractivity contribution in [1.82, 2.24) is 0 Å². The van der Waals surface area contributed by atoms with Gasteiger partial charge in [0.1, 0.15) is 0 Å². The SMILES string of the molecule is Cc1cc[c]([Mg][Br])c2ccccc12. The van der Waals surface area contributed by atoms with E-state index >= 15 is 0 Å². The summed E-state index contributed by atoms with van der Waals surface area (Å²) in [5.74, 6) is 0. The van der Waals surface area contributed by atoms with E-state index in [1.54, 1.807) is 0 Å². The lowest BCUT2D eigenvalue weighted by atomic mass is 10.1. The van der Waals surface area contributed by atoms with E-state index in [0.29, 0.717) is 0 Å². The van der Waals surface area contributed by atoms with Crippen molar-refractivity contribution in [2.75, 3.05) is 0 Å². The number of fused-ring (bicyclic) bond motifs is 1. The summed E-state index contributed by atoms with van der Waals surface area (Å²) in [5.41, 5.74) is 1.37. The third kappa shape index (κ3) is 1.76. The molecule has 0 nitrogen and oxygen atoms in total. The summed E-state index contributed by atoms with van der Waals surface area (Å²) in [5, 5.41) is 2.82. The van der Waals surface area contributed by atoms with Crippen molar-refractivity contribution in [3.05, 3.63) is 42.0 Å². The Balaban J connectivity index is 2.84. The zero-order valence-corrected chi connectivity index (χ0v) is 10.5. The molecule has 0 aliphatic carbocycles. The number of benzene rings is 2. The molecule has 0 saturated heterocycles. The molecule has 2 aromatic carbocycles. The second kappa shape index (κ2) is 3.99. The van der Waals surface area contributed by atoms with E-state index in [4.69, 9.17) is 0 Å². The largest absolute Gasteiger partial charge is 0.507 e. The number of aryl methyl sites for hydroxylation is 1. The Labute approximate surface area is 93.9 Å². The van der Waals surface area contributed by atoms with Crippen LogP contribution in [0.15, 0.2) is 36.4 Å². The molecule has 2 heteroatoms. The van der Waals surface area contributed by atoms with Crippen molar-refractivity contribution >= 4 is 45.5 Å². The van der Waals surface area contributed by atoms with Gasteiger partial charge in [0, 0.05) is 0 Å². The van der Waals surface area contributed by atoms with Gasteiger partial charge in [0.05, 0.1) is 0 Å². The van der Waals surface area contributed by atoms with Gasteiger partial charge in [-0.1, -0.05) is 36.4 Å². The van der Waals surface area contributed by atoms with Crippen LogP contribution in [0.25, 0.3) is 10.8 Å². The van der Waals surface area contributed by atoms with Crippen LogP contribution in [0, 0.1) is 6.92 Å². The summed E-state index contributed by atoms with van der Waals surface area (Å²) in [6, 6.07) is 13.1. The van der Waals surface area contributed by atoms with Gasteiger partial charge in [-0.25, -0.2) is 0 Å². The molecule has 0 amide bonds. The van der Waals surface area contributed by atoms with E-state index in [1.165, 1.54) is 20.0 Å². The molecule has 0 atom stereocenters. The molecular weight excluding hydrogens is 236 g/mol. The molecule has 62 valence electrons. The minimum atomic E-state index is -0.234. The van der Waals surface area contributed by atoms with Crippen LogP contribution >= 0.6 is 12.9 Å². The average Bonchev–Trinajstić information content (AvgIpc) is 2.19. The predicted octanol–water partition coefficient (Wildman–Crippen LogP) is 2.79. The van der Waals surface area contributed by atoms with Gasteiger partial charge in [0.25, 0.3) is 0 Å². The first-order valence-corrected chi connectivity index (χ1v) is 8.96. The molecule has 0 unspecified atom stereocenters. The fourth-order valence-electron chi connectivity index (χ4n) is 1.63. The van der Waals surface area contributed by atoms with Crippen LogP contribution in [0.1, 0.15) is 5.56 Å². The maximum atomic E-state index is 3.64. The second-order valence-electron chi connectivity index (χ2n) is 3.22. The first kappa shape index (κ1) is 9.50. The molecule has 0 spiro atoms. The summed E-state index contributed by atoms with van der Waals surface area (Å²) >= 11 is 3.41. The van der Waals surface area contributed by atoms with Crippen LogP contribution in [-0.2, 0) is 0 Å². The Hall–Kier alpha value is -0.0538. The van der Waals surface area contributed by atoms with E-state index in [0.717, 1.165) is 0 Å². The molecule has 13 heavy (non-hydrogen) atoms. The first-order chi connectivity index (χ1) is 6.33. The van der Waals surface area contributed by atoms with Gasteiger partial charge in [-0.05, 0) is 23.3 Å². The van der Waals surface area contributed by atoms with Gasteiger partial charge in [-0.15, -0.1) is 3.69 Å². The van der Waals surface area contributed by atoms with Gasteiger partial charge in [0.15, 0.2) is 0 Å². The molecule has 0 radical (unpaired) electrons. The fraction of sp³-hybridized carbons (Fsp3) is 0.0909. The topological polar surface area (TPSA) is 0 Å². The van der Waals surface area contributed by atoms with E-state index < -0.39 is 0 Å². The lowest BCUT2D eigenvalue weighted by Gasteiger charge is -2.06. The lowest BCUT2D eigenvalue weighted by molar-refractivity contribution is 1.54. The van der Waals surface area contributed by atoms with Crippen molar-refractivity contribution in [1.29, 1.82) is 0 Å². The Morgan fingerprint density at radius 2 is 1.69 bits per heavy atom. The van der Waals surface area contributed by atoms with Crippen LogP contribution in [0.4, 0.5) is 0 Å². The first-order valence-electron chi connectivity index (χ1n) is 4.36. The molecule has 0 aromatic heterocycles. The maximum Gasteiger partial charge on any atom is 0.507 e. The summed E-state index contributed by atoms with van der Waals surface area (Å²) in [6.45, 7) is 2.17. The van der Waals surface area contributed by atoms with E-state index in [-0.39, 0.29) is 18.2 Å². The fourth-order valence-corrected chi connectivity index (χ4v) is 3.75. The summed E-state index contributed by atoms with van der Waals surface area (Å²) in [7, 11) is 0. The highest BCUT2D eigenvalue weighted by atomic mass is 79.9. The second-order valence-corrected chi connectivity index (χ2v) is 5.93. The normalized spacial score (nSPS) is 10.0. The van der Waals surface area contributed by atoms with E-state index in [1.807, 2.05) is 0 Å². The van der Waals surface area contributed by atoms with Gasteiger partial charge in [-0.3, -0.25) is 12.9 Å². The van der Waals surface area contributed by atoms with E-state index in [9.17, 15) is 0 Å². The molecule has 0 heterocycles. The minimum absolute atomic E-state index is 0.234. The molecule has 0 saturated carbocycles. The van der Waals surface area contributed by atoms with Gasteiger partial charge in [0.2, 0.25) is 0 Å². The molecule has 0 aliphatic heterocycles. The molecule has 2 aromatic rings. The molecule has 0 N–H and O–H groups in total. The highest BCUT2D eigenvalue weighted by molar-refractivity contribution is 9.23. The number of hydrogen-bond acceptors (Lipinski definition) is 0. The van der Waals surface area contributed by atoms with Crippen LogP contribution in [0.2, 0.25) is 0 Å². The quantitative estimate of drug-likeness (QED) is 0.678. The van der Waals surface area contributed by atoms with Crippen molar-refractivity contribution in [2.45, 2.75) is 6.92 Å². The van der Waals surface area contributed by atoms with E-state index in [2.05, 4.69) is 56.2 Å². The van der Waals surface area contributed by atoms with Crippen LogP contribution in [-0.4, -0.2) is 18.2 Å². The Bertz CT molecular complexity index is 437. The van der Waals surface area contributed by atoms with Crippen LogP contribution in [0.5, 0.6) is 0 Å². The van der Waals surface area contributed by atoms with Crippen molar-refractivity contribution in [3.8, 4) is 0 Å². The number of halogens is 1. The molecule has 0 aliphatic rings. The Kier molecular flexibility index (Phi) is 2.91. The highest BCUT2D eigenvalue weighted by Gasteiger charge is 2.02. The summed E-state index contributed by atoms with van der Waals surface area (Å²) in [6.07, 6.45) is 0. The Morgan fingerprint density at radius 3 is 2.38 bits per heavy atom. The molecule has 0 fully saturated rings. The lowest BCUT2D eigenvalue weighted by Crippen LogP contribution is -2.09. The third-order valence-corrected chi connectivity index (χ3v) is 5.09. The van der Waals surface area contributed by atoms with Crippen molar-refractivity contribution in [3.63, 3.8) is 0 Å². The minimum Gasteiger partial charge on any atom is -0.296 e. The summed E-state index contributed by atoms with van der Waals surface area (Å²) in [4.78, 5) is 0. The van der Waals surface area contributed by atoms with Gasteiger partial charge in [-0.2, -0.15) is 0 Å². The standard InChI is InChI=1S/C11H9.BrH.Mg/c1-9-5-4-7-10-6-2-3-8-11(9)10;;/h2-6,8H,1H3;1H;/q;;+1/p-1. The van der Waals surface area contributed by atoms with Crippen molar-refractivity contribution < 1.29 is 0 Å². The monoisotopic (exact) mass is 244 g/mol. The van der Waals surface area contributed by atoms with Gasteiger partial charge >= 0.3 is 18.2 Å². The molecule has 0 bridgehead atoms. The summed E-state index contributed by atoms with van der Waals surface area (Å²) < 4.78 is 1.50. The van der Waals surface area contributed by atoms with Crippen LogP contribution in [0.3, 0.4) is 0 Å². The Morgan fingerprint density at radius 1 is 1.00 bits per heavy atom. The predicted molar refractivity (Wildman–Crippen MR) is 63.0 cm³/mol. The number of hydrogen-bond donors (Lipinski definition) is 0. The molecular formula is C11H9BrMg. The third-order valence-electron chi connectivity index (χ3n) is 2.38. The smallest absolute Gasteiger partial charge is 0.296 e. The van der Waals surface area contributed by atoms with Crippen molar-refractivity contribution in [2.24, 2.45) is 0 Å². The maximum absolute atomic E-state index is 3.64. The zero-order valence-electron chi connectivity index (χ0n) is 7.55. The zero-order chi connectivity index (χ0) is 9.26. The van der Waals surface area contributed by atoms with Crippen LogP contribution < -0.4 is 3.69 Å².